The summed E-state index contributed by atoms with van der Waals surface area (Å²) in [5, 5.41) is 22.7. The fourth-order valence-corrected chi connectivity index (χ4v) is 3.69. The summed E-state index contributed by atoms with van der Waals surface area (Å²) in [5.74, 6) is 2.20. The summed E-state index contributed by atoms with van der Waals surface area (Å²) in [4.78, 5) is 0.947. The zero-order valence-electron chi connectivity index (χ0n) is 14.0. The van der Waals surface area contributed by atoms with Gasteiger partial charge in [-0.2, -0.15) is 4.68 Å². The van der Waals surface area contributed by atoms with E-state index >= 15 is 0 Å². The topological polar surface area (TPSA) is 91.8 Å². The van der Waals surface area contributed by atoms with Crippen molar-refractivity contribution >= 4 is 23.1 Å². The molecule has 4 rings (SSSR count). The third-order valence-corrected chi connectivity index (χ3v) is 5.29. The Bertz CT molecular complexity index is 1010. The van der Waals surface area contributed by atoms with E-state index in [2.05, 4.69) is 25.7 Å². The second-order valence-electron chi connectivity index (χ2n) is 5.32. The molecule has 26 heavy (non-hydrogen) atoms. The second kappa shape index (κ2) is 7.26. The van der Waals surface area contributed by atoms with Crippen LogP contribution in [-0.2, 0) is 5.75 Å². The molecule has 0 amide bonds. The molecule has 0 aliphatic rings. The largest absolute Gasteiger partial charge is 0.494 e. The van der Waals surface area contributed by atoms with Gasteiger partial charge in [0, 0.05) is 0 Å². The molecule has 3 aromatic heterocycles. The molecule has 0 unspecified atom stereocenters. The van der Waals surface area contributed by atoms with Crippen LogP contribution >= 0.6 is 23.1 Å². The normalized spacial score (nSPS) is 11.0. The lowest BCUT2D eigenvalue weighted by molar-refractivity contribution is 0.410. The third-order valence-electron chi connectivity index (χ3n) is 3.53. The monoisotopic (exact) mass is 386 g/mol. The number of methoxy groups -OCH3 is 1. The Labute approximate surface area is 157 Å². The molecule has 10 heteroatoms. The molecular weight excluding hydrogens is 372 g/mol. The standard InChI is InChI=1S/C16H14N6O2S2/c1-10-5-6-12(23-2)11(8-10)22-16(19-20-21-22)26-9-14-17-18-15(24-14)13-4-3-7-25-13/h3-8H,9H2,1-2H3. The second-order valence-corrected chi connectivity index (χ2v) is 7.21. The van der Waals surface area contributed by atoms with Gasteiger partial charge < -0.3 is 9.15 Å². The highest BCUT2D eigenvalue weighted by Gasteiger charge is 2.16. The fraction of sp³-hybridized carbons (Fsp3) is 0.188. The average Bonchev–Trinajstić information content (AvgIpc) is 3.40. The number of rotatable bonds is 6. The maximum Gasteiger partial charge on any atom is 0.257 e. The number of benzene rings is 1. The molecule has 0 fully saturated rings. The van der Waals surface area contributed by atoms with Gasteiger partial charge in [-0.05, 0) is 46.5 Å². The first-order chi connectivity index (χ1) is 12.7. The average molecular weight is 386 g/mol. The van der Waals surface area contributed by atoms with Gasteiger partial charge in [0.05, 0.1) is 17.7 Å². The summed E-state index contributed by atoms with van der Waals surface area (Å²) < 4.78 is 12.8. The van der Waals surface area contributed by atoms with E-state index in [0.717, 1.165) is 16.1 Å². The van der Waals surface area contributed by atoms with Crippen LogP contribution in [0.5, 0.6) is 5.75 Å². The maximum atomic E-state index is 5.70. The Kier molecular flexibility index (Phi) is 4.67. The Morgan fingerprint density at radius 2 is 2.15 bits per heavy atom. The van der Waals surface area contributed by atoms with Crippen molar-refractivity contribution in [2.45, 2.75) is 17.8 Å². The molecule has 0 atom stereocenters. The van der Waals surface area contributed by atoms with Gasteiger partial charge in [0.2, 0.25) is 11.0 Å². The Balaban J connectivity index is 1.54. The number of tetrazole rings is 1. The molecule has 0 N–H and O–H groups in total. The van der Waals surface area contributed by atoms with E-state index in [9.17, 15) is 0 Å². The van der Waals surface area contributed by atoms with Crippen molar-refractivity contribution in [3.63, 3.8) is 0 Å². The minimum atomic E-state index is 0.465. The van der Waals surface area contributed by atoms with Gasteiger partial charge in [-0.3, -0.25) is 0 Å². The SMILES string of the molecule is COc1ccc(C)cc1-n1nnnc1SCc1nnc(-c2cccs2)o1. The molecule has 0 aliphatic heterocycles. The zero-order chi connectivity index (χ0) is 17.9. The lowest BCUT2D eigenvalue weighted by atomic mass is 10.2. The molecular formula is C16H14N6O2S2. The van der Waals surface area contributed by atoms with E-state index < -0.39 is 0 Å². The van der Waals surface area contributed by atoms with Crippen molar-refractivity contribution in [3.8, 4) is 22.2 Å². The van der Waals surface area contributed by atoms with Gasteiger partial charge in [0.25, 0.3) is 5.89 Å². The Morgan fingerprint density at radius 3 is 2.96 bits per heavy atom. The van der Waals surface area contributed by atoms with E-state index in [0.29, 0.717) is 28.4 Å². The van der Waals surface area contributed by atoms with Crippen LogP contribution in [0, 0.1) is 6.92 Å². The third kappa shape index (κ3) is 3.33. The van der Waals surface area contributed by atoms with Crippen molar-refractivity contribution in [1.29, 1.82) is 0 Å². The summed E-state index contributed by atoms with van der Waals surface area (Å²) >= 11 is 2.97. The number of thioether (sulfide) groups is 1. The van der Waals surface area contributed by atoms with Crippen LogP contribution in [0.2, 0.25) is 0 Å². The van der Waals surface area contributed by atoms with E-state index in [1.807, 2.05) is 42.6 Å². The molecule has 0 aliphatic carbocycles. The minimum Gasteiger partial charge on any atom is -0.494 e. The van der Waals surface area contributed by atoms with Gasteiger partial charge in [-0.15, -0.1) is 26.6 Å². The van der Waals surface area contributed by atoms with Crippen molar-refractivity contribution < 1.29 is 9.15 Å². The van der Waals surface area contributed by atoms with Crippen LogP contribution in [0.1, 0.15) is 11.5 Å². The highest BCUT2D eigenvalue weighted by atomic mass is 32.2. The van der Waals surface area contributed by atoms with Gasteiger partial charge in [-0.1, -0.05) is 23.9 Å². The number of hydrogen-bond donors (Lipinski definition) is 0. The Hall–Kier alpha value is -2.72. The molecule has 0 bridgehead atoms. The van der Waals surface area contributed by atoms with Crippen LogP contribution in [0.25, 0.3) is 16.5 Å². The van der Waals surface area contributed by atoms with Crippen LogP contribution in [0.4, 0.5) is 0 Å². The lowest BCUT2D eigenvalue weighted by Gasteiger charge is -2.09. The number of aryl methyl sites for hydroxylation is 1. The molecule has 0 spiro atoms. The number of ether oxygens (including phenoxy) is 1. The van der Waals surface area contributed by atoms with E-state index in [-0.39, 0.29) is 0 Å². The predicted molar refractivity (Wildman–Crippen MR) is 97.6 cm³/mol. The Morgan fingerprint density at radius 1 is 1.23 bits per heavy atom. The van der Waals surface area contributed by atoms with Crippen molar-refractivity contribution in [2.24, 2.45) is 0 Å². The van der Waals surface area contributed by atoms with Crippen molar-refractivity contribution in [3.05, 3.63) is 47.2 Å². The minimum absolute atomic E-state index is 0.465. The summed E-state index contributed by atoms with van der Waals surface area (Å²) in [5.41, 5.74) is 1.87. The van der Waals surface area contributed by atoms with Crippen LogP contribution in [-0.4, -0.2) is 37.5 Å². The van der Waals surface area contributed by atoms with Crippen LogP contribution in [0.15, 0.2) is 45.3 Å². The molecule has 8 nitrogen and oxygen atoms in total. The van der Waals surface area contributed by atoms with Gasteiger partial charge >= 0.3 is 0 Å². The first kappa shape index (κ1) is 16.7. The van der Waals surface area contributed by atoms with E-state index in [4.69, 9.17) is 9.15 Å². The number of aromatic nitrogens is 6. The summed E-state index contributed by atoms with van der Waals surface area (Å²) in [6.45, 7) is 2.00. The summed E-state index contributed by atoms with van der Waals surface area (Å²) in [6, 6.07) is 9.73. The van der Waals surface area contributed by atoms with Crippen LogP contribution in [0.3, 0.4) is 0 Å². The molecule has 4 aromatic rings. The molecule has 3 heterocycles. The first-order valence-corrected chi connectivity index (χ1v) is 9.53. The van der Waals surface area contributed by atoms with E-state index in [1.54, 1.807) is 23.1 Å². The maximum absolute atomic E-state index is 5.70. The fourth-order valence-electron chi connectivity index (χ4n) is 2.32. The highest BCUT2D eigenvalue weighted by molar-refractivity contribution is 7.98. The van der Waals surface area contributed by atoms with Gasteiger partial charge in [-0.25, -0.2) is 0 Å². The summed E-state index contributed by atoms with van der Waals surface area (Å²) in [6.07, 6.45) is 0. The van der Waals surface area contributed by atoms with Crippen molar-refractivity contribution in [1.82, 2.24) is 30.4 Å². The summed E-state index contributed by atoms with van der Waals surface area (Å²) in [7, 11) is 1.62. The van der Waals surface area contributed by atoms with Crippen LogP contribution < -0.4 is 4.74 Å². The predicted octanol–water partition coefficient (Wildman–Crippen LogP) is 3.38. The molecule has 1 aromatic carbocycles. The smallest absolute Gasteiger partial charge is 0.257 e. The molecule has 132 valence electrons. The quantitative estimate of drug-likeness (QED) is 0.466. The van der Waals surface area contributed by atoms with Gasteiger partial charge in [0.1, 0.15) is 11.4 Å². The van der Waals surface area contributed by atoms with Gasteiger partial charge in [0.15, 0.2) is 0 Å². The number of thiophene rings is 1. The highest BCUT2D eigenvalue weighted by Crippen LogP contribution is 2.29. The number of hydrogen-bond acceptors (Lipinski definition) is 9. The zero-order valence-corrected chi connectivity index (χ0v) is 15.6. The first-order valence-electron chi connectivity index (χ1n) is 7.67. The van der Waals surface area contributed by atoms with E-state index in [1.165, 1.54) is 11.8 Å². The lowest BCUT2D eigenvalue weighted by Crippen LogP contribution is -2.02. The van der Waals surface area contributed by atoms with Crippen molar-refractivity contribution in [2.75, 3.05) is 7.11 Å². The number of nitrogens with zero attached hydrogens (tertiary/aromatic N) is 6. The molecule has 0 saturated heterocycles. The molecule has 0 saturated carbocycles. The molecule has 0 radical (unpaired) electrons.